The Balaban J connectivity index is 2.61. The van der Waals surface area contributed by atoms with Gasteiger partial charge in [-0.25, -0.2) is 4.79 Å². The third kappa shape index (κ3) is 3.08. The van der Waals surface area contributed by atoms with Crippen molar-refractivity contribution in [1.82, 2.24) is 0 Å². The Labute approximate surface area is 133 Å². The molecule has 124 valence electrons. The van der Waals surface area contributed by atoms with E-state index >= 15 is 0 Å². The summed E-state index contributed by atoms with van der Waals surface area (Å²) in [6.07, 6.45) is 1.45. The molecule has 2 aromatic rings. The summed E-state index contributed by atoms with van der Waals surface area (Å²) in [5.41, 5.74) is 0.552. The van der Waals surface area contributed by atoms with Crippen LogP contribution in [0, 0.1) is 0 Å². The van der Waals surface area contributed by atoms with Crippen molar-refractivity contribution in [2.75, 3.05) is 27.4 Å². The zero-order valence-corrected chi connectivity index (χ0v) is 13.4. The molecule has 0 saturated heterocycles. The monoisotopic (exact) mass is 322 g/mol. The molecule has 0 aliphatic carbocycles. The predicted octanol–water partition coefficient (Wildman–Crippen LogP) is 2.59. The number of fused-ring (bicyclic) bond motifs is 1. The first kappa shape index (κ1) is 16.7. The maximum Gasteiger partial charge on any atom is 0.344 e. The molecule has 0 unspecified atom stereocenters. The van der Waals surface area contributed by atoms with E-state index in [1.807, 2.05) is 0 Å². The summed E-state index contributed by atoms with van der Waals surface area (Å²) >= 11 is 0. The van der Waals surface area contributed by atoms with Crippen LogP contribution in [-0.2, 0) is 9.53 Å². The Kier molecular flexibility index (Phi) is 5.10. The summed E-state index contributed by atoms with van der Waals surface area (Å²) in [5.74, 6) is -0.224. The number of furan rings is 1. The number of hydrogen-bond donors (Lipinski definition) is 0. The van der Waals surface area contributed by atoms with Gasteiger partial charge in [-0.3, -0.25) is 4.79 Å². The number of rotatable bonds is 7. The van der Waals surface area contributed by atoms with E-state index in [0.717, 1.165) is 0 Å². The fourth-order valence-electron chi connectivity index (χ4n) is 2.31. The third-order valence-corrected chi connectivity index (χ3v) is 3.18. The Morgan fingerprint density at radius 3 is 2.39 bits per heavy atom. The number of methoxy groups -OCH3 is 2. The molecule has 1 heterocycles. The number of ketones is 1. The van der Waals surface area contributed by atoms with Crippen LogP contribution in [0.2, 0.25) is 0 Å². The minimum absolute atomic E-state index is 0.0901. The lowest BCUT2D eigenvalue weighted by atomic mass is 10.0. The van der Waals surface area contributed by atoms with Gasteiger partial charge in [-0.2, -0.15) is 0 Å². The summed E-state index contributed by atoms with van der Waals surface area (Å²) in [7, 11) is 2.86. The molecule has 1 aromatic carbocycles. The second-order valence-corrected chi connectivity index (χ2v) is 4.58. The van der Waals surface area contributed by atoms with Gasteiger partial charge in [-0.1, -0.05) is 0 Å². The zero-order valence-electron chi connectivity index (χ0n) is 13.4. The van der Waals surface area contributed by atoms with E-state index in [2.05, 4.69) is 0 Å². The third-order valence-electron chi connectivity index (χ3n) is 3.18. The maximum absolute atomic E-state index is 12.1. The highest BCUT2D eigenvalue weighted by Gasteiger charge is 2.27. The molecule has 0 saturated carbocycles. The van der Waals surface area contributed by atoms with Gasteiger partial charge < -0.3 is 23.4 Å². The van der Waals surface area contributed by atoms with Crippen molar-refractivity contribution in [2.45, 2.75) is 13.8 Å². The van der Waals surface area contributed by atoms with E-state index in [1.54, 1.807) is 13.0 Å². The van der Waals surface area contributed by atoms with Crippen LogP contribution in [0.4, 0.5) is 0 Å². The standard InChI is InChI=1S/C16H18O7/c1-5-21-11(18)8-23-15-12(9(2)17)13(19-3)10-6-7-22-14(10)16(15)20-4/h6-7H,5,8H2,1-4H3. The molecule has 0 bridgehead atoms. The van der Waals surface area contributed by atoms with Crippen LogP contribution in [0.5, 0.6) is 17.2 Å². The Bertz CT molecular complexity index is 730. The molecule has 2 rings (SSSR count). The van der Waals surface area contributed by atoms with E-state index in [0.29, 0.717) is 16.7 Å². The minimum Gasteiger partial charge on any atom is -0.495 e. The molecular weight excluding hydrogens is 304 g/mol. The Hall–Kier alpha value is -2.70. The van der Waals surface area contributed by atoms with Gasteiger partial charge in [0.25, 0.3) is 0 Å². The Morgan fingerprint density at radius 1 is 1.13 bits per heavy atom. The van der Waals surface area contributed by atoms with Gasteiger partial charge in [-0.15, -0.1) is 0 Å². The van der Waals surface area contributed by atoms with Crippen molar-refractivity contribution < 1.29 is 33.0 Å². The molecule has 0 aliphatic rings. The smallest absolute Gasteiger partial charge is 0.344 e. The van der Waals surface area contributed by atoms with Gasteiger partial charge in [0, 0.05) is 0 Å². The SMILES string of the molecule is CCOC(=O)COc1c(C(C)=O)c(OC)c2ccoc2c1OC. The molecular formula is C16H18O7. The quantitative estimate of drug-likeness (QED) is 0.572. The van der Waals surface area contributed by atoms with Crippen molar-refractivity contribution >= 4 is 22.7 Å². The van der Waals surface area contributed by atoms with Gasteiger partial charge in [0.2, 0.25) is 5.75 Å². The van der Waals surface area contributed by atoms with Crippen molar-refractivity contribution in [3.8, 4) is 17.2 Å². The second-order valence-electron chi connectivity index (χ2n) is 4.58. The summed E-state index contributed by atoms with van der Waals surface area (Å²) in [6.45, 7) is 2.94. The number of benzene rings is 1. The summed E-state index contributed by atoms with van der Waals surface area (Å²) < 4.78 is 26.4. The molecule has 0 fully saturated rings. The number of hydrogen-bond acceptors (Lipinski definition) is 7. The van der Waals surface area contributed by atoms with Crippen LogP contribution in [0.25, 0.3) is 11.0 Å². The largest absolute Gasteiger partial charge is 0.495 e. The molecule has 0 N–H and O–H groups in total. The van der Waals surface area contributed by atoms with Crippen LogP contribution in [0.1, 0.15) is 24.2 Å². The molecule has 0 atom stereocenters. The first-order chi connectivity index (χ1) is 11.0. The van der Waals surface area contributed by atoms with Gasteiger partial charge >= 0.3 is 5.97 Å². The van der Waals surface area contributed by atoms with E-state index in [9.17, 15) is 9.59 Å². The summed E-state index contributed by atoms with van der Waals surface area (Å²) in [6, 6.07) is 1.66. The Morgan fingerprint density at radius 2 is 1.83 bits per heavy atom. The van der Waals surface area contributed by atoms with Crippen LogP contribution >= 0.6 is 0 Å². The maximum atomic E-state index is 12.1. The molecule has 7 heteroatoms. The first-order valence-corrected chi connectivity index (χ1v) is 6.99. The van der Waals surface area contributed by atoms with Crippen LogP contribution in [0.15, 0.2) is 16.7 Å². The average molecular weight is 322 g/mol. The van der Waals surface area contributed by atoms with Gasteiger partial charge in [-0.05, 0) is 19.9 Å². The highest BCUT2D eigenvalue weighted by atomic mass is 16.6. The van der Waals surface area contributed by atoms with Crippen molar-refractivity contribution in [3.63, 3.8) is 0 Å². The normalized spacial score (nSPS) is 10.4. The van der Waals surface area contributed by atoms with Crippen LogP contribution < -0.4 is 14.2 Å². The molecule has 1 aromatic heterocycles. The number of carbonyl (C=O) groups is 2. The predicted molar refractivity (Wildman–Crippen MR) is 81.5 cm³/mol. The average Bonchev–Trinajstić information content (AvgIpc) is 3.00. The lowest BCUT2D eigenvalue weighted by molar-refractivity contribution is -0.145. The van der Waals surface area contributed by atoms with E-state index in [-0.39, 0.29) is 36.1 Å². The van der Waals surface area contributed by atoms with Crippen molar-refractivity contribution in [2.24, 2.45) is 0 Å². The lowest BCUT2D eigenvalue weighted by Gasteiger charge is -2.17. The summed E-state index contributed by atoms with van der Waals surface area (Å²) in [4.78, 5) is 23.6. The van der Waals surface area contributed by atoms with Gasteiger partial charge in [0.05, 0.1) is 32.5 Å². The highest BCUT2D eigenvalue weighted by molar-refractivity contribution is 6.08. The van der Waals surface area contributed by atoms with Crippen molar-refractivity contribution in [3.05, 3.63) is 17.9 Å². The fraction of sp³-hybridized carbons (Fsp3) is 0.375. The van der Waals surface area contributed by atoms with E-state index in [1.165, 1.54) is 27.4 Å². The van der Waals surface area contributed by atoms with E-state index in [4.69, 9.17) is 23.4 Å². The minimum atomic E-state index is -0.553. The highest BCUT2D eigenvalue weighted by Crippen LogP contribution is 2.46. The van der Waals surface area contributed by atoms with Crippen LogP contribution in [0.3, 0.4) is 0 Å². The van der Waals surface area contributed by atoms with Gasteiger partial charge in [0.1, 0.15) is 11.3 Å². The number of ether oxygens (including phenoxy) is 4. The molecule has 0 aliphatic heterocycles. The van der Waals surface area contributed by atoms with Crippen LogP contribution in [-0.4, -0.2) is 39.2 Å². The molecule has 7 nitrogen and oxygen atoms in total. The lowest BCUT2D eigenvalue weighted by Crippen LogP contribution is -2.16. The second kappa shape index (κ2) is 7.04. The number of carbonyl (C=O) groups excluding carboxylic acids is 2. The first-order valence-electron chi connectivity index (χ1n) is 6.99. The molecule has 0 radical (unpaired) electrons. The van der Waals surface area contributed by atoms with E-state index < -0.39 is 5.97 Å². The number of esters is 1. The molecule has 0 spiro atoms. The summed E-state index contributed by atoms with van der Waals surface area (Å²) in [5, 5.41) is 0.582. The zero-order chi connectivity index (χ0) is 17.0. The molecule has 23 heavy (non-hydrogen) atoms. The fourth-order valence-corrected chi connectivity index (χ4v) is 2.31. The topological polar surface area (TPSA) is 84.2 Å². The van der Waals surface area contributed by atoms with Gasteiger partial charge in [0.15, 0.2) is 23.7 Å². The number of Topliss-reactive ketones (excluding diaryl/α,β-unsaturated/α-hetero) is 1. The molecule has 0 amide bonds. The van der Waals surface area contributed by atoms with Crippen molar-refractivity contribution in [1.29, 1.82) is 0 Å².